The Balaban J connectivity index is 0.00000511. The number of nitrogens with zero attached hydrogens (tertiary/aromatic N) is 1. The molecular weight excluding hydrogens is 902 g/mol. The second kappa shape index (κ2) is 17.4. The fraction of sp³-hybridized carbons (Fsp3) is 0.525. The number of phenolic OH excluding ortho intramolecular Hbond substituents is 2. The number of unbranched alkanes of at least 4 members (excludes halogenated alkanes) is 1. The van der Waals surface area contributed by atoms with Gasteiger partial charge in [-0.1, -0.05) is 116 Å². The van der Waals surface area contributed by atoms with Crippen LogP contribution in [0.15, 0.2) is 89.8 Å². The van der Waals surface area contributed by atoms with E-state index in [1.165, 1.54) is 104 Å². The molecule has 0 amide bonds. The van der Waals surface area contributed by atoms with Crippen molar-refractivity contribution in [1.82, 2.24) is 4.98 Å². The summed E-state index contributed by atoms with van der Waals surface area (Å²) < 4.78 is 0. The van der Waals surface area contributed by atoms with E-state index >= 15 is 0 Å². The Bertz CT molecular complexity index is 2400. The van der Waals surface area contributed by atoms with E-state index in [9.17, 15) is 10.2 Å². The number of thioether (sulfide) groups is 1. The van der Waals surface area contributed by atoms with E-state index in [1.54, 1.807) is 0 Å². The summed E-state index contributed by atoms with van der Waals surface area (Å²) >= 11 is 1.91. The maximum Gasteiger partial charge on any atom is 0.127 e. The summed E-state index contributed by atoms with van der Waals surface area (Å²) in [7, 11) is 0. The number of aromatic hydroxyl groups is 2. The molecule has 0 unspecified atom stereocenters. The van der Waals surface area contributed by atoms with Crippen molar-refractivity contribution in [2.45, 2.75) is 165 Å². The molecule has 1 heterocycles. The average molecular weight is 976 g/mol. The summed E-state index contributed by atoms with van der Waals surface area (Å²) in [4.78, 5) is 6.85. The fourth-order valence-electron chi connectivity index (χ4n) is 15.3. The van der Waals surface area contributed by atoms with Crippen molar-refractivity contribution in [1.29, 1.82) is 0 Å². The topological polar surface area (TPSA) is 53.4 Å². The third-order valence-corrected chi connectivity index (χ3v) is 18.8. The van der Waals surface area contributed by atoms with Crippen molar-refractivity contribution < 1.29 is 36.4 Å². The Labute approximate surface area is 419 Å². The monoisotopic (exact) mass is 973 g/mol. The Kier molecular flexibility index (Phi) is 12.3. The van der Waals surface area contributed by atoms with Crippen LogP contribution in [0.4, 0.5) is 0 Å². The van der Waals surface area contributed by atoms with E-state index < -0.39 is 0 Å². The van der Waals surface area contributed by atoms with Crippen LogP contribution >= 0.6 is 11.8 Å². The smallest absolute Gasteiger partial charge is 0.127 e. The zero-order chi connectivity index (χ0) is 45.0. The number of benzene rings is 4. The van der Waals surface area contributed by atoms with Gasteiger partial charge >= 0.3 is 0 Å². The van der Waals surface area contributed by atoms with Crippen LogP contribution in [0.25, 0.3) is 44.8 Å². The summed E-state index contributed by atoms with van der Waals surface area (Å²) in [6, 6.07) is 31.4. The van der Waals surface area contributed by atoms with E-state index in [0.717, 1.165) is 98.9 Å². The van der Waals surface area contributed by atoms with Crippen LogP contribution in [0, 0.1) is 35.5 Å². The molecule has 8 fully saturated rings. The predicted octanol–water partition coefficient (Wildman–Crippen LogP) is 16.6. The Hall–Kier alpha value is -3.14. The average Bonchev–Trinajstić information content (AvgIpc) is 3.25. The van der Waals surface area contributed by atoms with Gasteiger partial charge < -0.3 is 10.2 Å². The molecule has 8 aliphatic carbocycles. The molecule has 13 rings (SSSR count). The van der Waals surface area contributed by atoms with Gasteiger partial charge in [0.1, 0.15) is 11.5 Å². The zero-order valence-electron chi connectivity index (χ0n) is 40.9. The SMILES string of the molecule is CCCCSc1cc(-c2ccccc2-c2cc(C(C)(C)C)cc(C34CC5CC(CC(C5)C3)C4)c2O)nc(-c2ccccc2-c2cc(C(C)(C)C)cc(C34CC5CC(CC(C5)C3)C4)c2O)c1.[Zr]. The Morgan fingerprint density at radius 1 is 0.515 bits per heavy atom. The summed E-state index contributed by atoms with van der Waals surface area (Å²) in [6.07, 6.45) is 17.8. The van der Waals surface area contributed by atoms with Gasteiger partial charge in [0.05, 0.1) is 11.4 Å². The van der Waals surface area contributed by atoms with Gasteiger partial charge in [-0.3, -0.25) is 0 Å². The van der Waals surface area contributed by atoms with Crippen LogP contribution in [-0.4, -0.2) is 20.9 Å². The fourth-order valence-corrected chi connectivity index (χ4v) is 16.4. The molecule has 3 nitrogen and oxygen atoms in total. The predicted molar refractivity (Wildman–Crippen MR) is 272 cm³/mol. The molecule has 66 heavy (non-hydrogen) atoms. The molecule has 4 aromatic carbocycles. The first-order chi connectivity index (χ1) is 31.1. The molecule has 5 aromatic rings. The van der Waals surface area contributed by atoms with Crippen LogP contribution in [0.5, 0.6) is 11.5 Å². The molecule has 0 aliphatic heterocycles. The Morgan fingerprint density at radius 3 is 1.20 bits per heavy atom. The molecule has 8 bridgehead atoms. The summed E-state index contributed by atoms with van der Waals surface area (Å²) in [5.41, 5.74) is 12.8. The maximum atomic E-state index is 12.8. The molecule has 1 aromatic heterocycles. The standard InChI is InChI=1S/C61H73NO2S.Zr/c1-8-9-18-65-45-29-54(48-16-12-10-14-46(48)50-25-43(58(2,3)4)27-52(56(50)63)60-31-37-19-38(32-60)21-39(20-37)33-60)62-55(30-45)49-17-13-11-15-47(49)51-26-44(59(5,6)7)28-53(57(51)64)61-34-40-22-41(35-61)24-42(23-40)36-61;/h10-17,25-30,37-42,63-64H,8-9,18-24,31-36H2,1-7H3;. The van der Waals surface area contributed by atoms with Crippen molar-refractivity contribution >= 4 is 11.8 Å². The van der Waals surface area contributed by atoms with Gasteiger partial charge in [-0.2, -0.15) is 0 Å². The molecule has 0 saturated heterocycles. The van der Waals surface area contributed by atoms with Crippen molar-refractivity contribution in [3.05, 3.63) is 107 Å². The van der Waals surface area contributed by atoms with Gasteiger partial charge in [-0.25, -0.2) is 4.98 Å². The first-order valence-electron chi connectivity index (χ1n) is 25.7. The van der Waals surface area contributed by atoms with Gasteiger partial charge in [-0.15, -0.1) is 11.8 Å². The van der Waals surface area contributed by atoms with E-state index in [4.69, 9.17) is 4.98 Å². The van der Waals surface area contributed by atoms with Gasteiger partial charge in [-0.05, 0) is 193 Å². The third kappa shape index (κ3) is 8.32. The molecule has 5 heteroatoms. The minimum atomic E-state index is -0.0786. The van der Waals surface area contributed by atoms with Crippen molar-refractivity contribution in [2.75, 3.05) is 5.75 Å². The minimum Gasteiger partial charge on any atom is -0.507 e. The number of hydrogen-bond donors (Lipinski definition) is 2. The summed E-state index contributed by atoms with van der Waals surface area (Å²) in [6.45, 7) is 16.2. The molecule has 8 saturated carbocycles. The maximum absolute atomic E-state index is 12.8. The van der Waals surface area contributed by atoms with Crippen molar-refractivity contribution in [3.8, 4) is 56.3 Å². The number of aromatic nitrogens is 1. The summed E-state index contributed by atoms with van der Waals surface area (Å²) in [5.74, 6) is 6.72. The van der Waals surface area contributed by atoms with Gasteiger partial charge in [0, 0.05) is 64.5 Å². The molecule has 0 radical (unpaired) electrons. The zero-order valence-corrected chi connectivity index (χ0v) is 44.2. The summed E-state index contributed by atoms with van der Waals surface area (Å²) in [5, 5.41) is 25.6. The van der Waals surface area contributed by atoms with Gasteiger partial charge in [0.15, 0.2) is 0 Å². The minimum absolute atomic E-state index is 0. The molecule has 344 valence electrons. The number of phenols is 2. The van der Waals surface area contributed by atoms with Crippen LogP contribution in [-0.2, 0) is 47.9 Å². The van der Waals surface area contributed by atoms with Gasteiger partial charge in [0.25, 0.3) is 0 Å². The van der Waals surface area contributed by atoms with E-state index in [0.29, 0.717) is 11.5 Å². The molecule has 0 atom stereocenters. The normalized spacial score (nSPS) is 28.5. The second-order valence-electron chi connectivity index (χ2n) is 24.6. The number of hydrogen-bond acceptors (Lipinski definition) is 4. The number of rotatable bonds is 10. The van der Waals surface area contributed by atoms with Crippen LogP contribution in [0.3, 0.4) is 0 Å². The molecular formula is C61H73NO2SZr. The molecule has 0 spiro atoms. The Morgan fingerprint density at radius 2 is 0.864 bits per heavy atom. The first kappa shape index (κ1) is 46.6. The van der Waals surface area contributed by atoms with Crippen LogP contribution in [0.1, 0.15) is 161 Å². The van der Waals surface area contributed by atoms with E-state index in [-0.39, 0.29) is 47.9 Å². The van der Waals surface area contributed by atoms with Crippen molar-refractivity contribution in [2.24, 2.45) is 35.5 Å². The quantitative estimate of drug-likeness (QED) is 0.108. The van der Waals surface area contributed by atoms with Gasteiger partial charge in [0.2, 0.25) is 0 Å². The second-order valence-corrected chi connectivity index (χ2v) is 25.8. The molecule has 2 N–H and O–H groups in total. The van der Waals surface area contributed by atoms with E-state index in [1.807, 2.05) is 11.8 Å². The molecule has 8 aliphatic rings. The first-order valence-corrected chi connectivity index (χ1v) is 26.7. The number of pyridine rings is 1. The van der Waals surface area contributed by atoms with Crippen LogP contribution in [0.2, 0.25) is 0 Å². The van der Waals surface area contributed by atoms with Crippen molar-refractivity contribution in [3.63, 3.8) is 0 Å². The van der Waals surface area contributed by atoms with Crippen LogP contribution < -0.4 is 0 Å². The largest absolute Gasteiger partial charge is 0.507 e. The third-order valence-electron chi connectivity index (χ3n) is 17.7. The van der Waals surface area contributed by atoms with E-state index in [2.05, 4.69) is 133 Å².